The van der Waals surface area contributed by atoms with Crippen LogP contribution in [0.1, 0.15) is 18.9 Å². The number of hydrazine groups is 1. The first-order valence-corrected chi connectivity index (χ1v) is 14.9. The van der Waals surface area contributed by atoms with Gasteiger partial charge in [0.2, 0.25) is 10.0 Å². The molecule has 1 aliphatic heterocycles. The average molecular weight is 655 g/mol. The zero-order valence-corrected chi connectivity index (χ0v) is 25.9. The molecule has 15 heteroatoms. The van der Waals surface area contributed by atoms with Crippen LogP contribution in [0.25, 0.3) is 0 Å². The van der Waals surface area contributed by atoms with Crippen molar-refractivity contribution in [2.45, 2.75) is 31.3 Å². The molecule has 3 aromatic carbocycles. The number of rotatable bonds is 8. The lowest BCUT2D eigenvalue weighted by Crippen LogP contribution is -2.36. The molecule has 3 N–H and O–H groups in total. The van der Waals surface area contributed by atoms with Crippen molar-refractivity contribution in [1.82, 2.24) is 9.73 Å². The summed E-state index contributed by atoms with van der Waals surface area (Å²) in [7, 11) is -0.871. The number of aliphatic imine (C=N–C) groups is 1. The molecular formula is C27H26Cl3N5O6S. The smallest absolute Gasteiger partial charge is 0.265 e. The number of anilines is 2. The van der Waals surface area contributed by atoms with Crippen LogP contribution >= 0.6 is 34.8 Å². The highest BCUT2D eigenvalue weighted by molar-refractivity contribution is 7.89. The minimum atomic E-state index is -3.69. The van der Waals surface area contributed by atoms with Crippen LogP contribution in [-0.2, 0) is 19.6 Å². The summed E-state index contributed by atoms with van der Waals surface area (Å²) in [6, 6.07) is 11.6. The summed E-state index contributed by atoms with van der Waals surface area (Å²) in [5, 5.41) is 13.7. The molecule has 11 nitrogen and oxygen atoms in total. The molecule has 4 rings (SSSR count). The van der Waals surface area contributed by atoms with E-state index in [1.165, 1.54) is 50.5 Å². The van der Waals surface area contributed by atoms with Crippen LogP contribution in [0.5, 0.6) is 11.5 Å². The molecule has 1 heterocycles. The van der Waals surface area contributed by atoms with Crippen molar-refractivity contribution in [3.63, 3.8) is 0 Å². The molecule has 0 radical (unpaired) electrons. The van der Waals surface area contributed by atoms with Gasteiger partial charge in [0.15, 0.2) is 6.10 Å². The molecule has 2 amide bonds. The average Bonchev–Trinajstić information content (AvgIpc) is 3.26. The number of benzene rings is 3. The van der Waals surface area contributed by atoms with E-state index in [-0.39, 0.29) is 55.0 Å². The van der Waals surface area contributed by atoms with Crippen molar-refractivity contribution < 1.29 is 27.9 Å². The molecule has 0 spiro atoms. The van der Waals surface area contributed by atoms with Crippen LogP contribution in [0.4, 0.5) is 17.1 Å². The summed E-state index contributed by atoms with van der Waals surface area (Å²) in [5.41, 5.74) is 4.12. The summed E-state index contributed by atoms with van der Waals surface area (Å²) in [5.74, 6) is -0.143. The monoisotopic (exact) mass is 653 g/mol. The zero-order chi connectivity index (χ0) is 30.9. The van der Waals surface area contributed by atoms with E-state index < -0.39 is 27.9 Å². The van der Waals surface area contributed by atoms with Crippen LogP contribution in [0, 0.1) is 6.92 Å². The van der Waals surface area contributed by atoms with Gasteiger partial charge in [-0.05, 0) is 67.9 Å². The Morgan fingerprint density at radius 1 is 1.10 bits per heavy atom. The molecule has 1 aliphatic rings. The molecule has 0 saturated carbocycles. The predicted molar refractivity (Wildman–Crippen MR) is 163 cm³/mol. The fraction of sp³-hybridized carbons (Fsp3) is 0.222. The third kappa shape index (κ3) is 6.74. The van der Waals surface area contributed by atoms with Crippen LogP contribution in [0.3, 0.4) is 0 Å². The molecule has 3 aromatic rings. The SMILES string of the molecule is Cc1cc(OC(C)C(=O)Nc2cc(Cl)c(N3NC(=Nc4ccc(S(=O)(=O)N(C)C)cc4Cl)CC3=O)c(Cl)c2)ccc1O. The van der Waals surface area contributed by atoms with E-state index in [1.54, 1.807) is 26.0 Å². The number of carbonyl (C=O) groups is 2. The van der Waals surface area contributed by atoms with E-state index in [4.69, 9.17) is 39.5 Å². The Balaban J connectivity index is 1.48. The van der Waals surface area contributed by atoms with Gasteiger partial charge in [-0.3, -0.25) is 15.0 Å². The number of amides is 2. The quantitative estimate of drug-likeness (QED) is 0.300. The topological polar surface area (TPSA) is 141 Å². The number of nitrogens with zero attached hydrogens (tertiary/aromatic N) is 3. The number of phenolic OH excluding ortho intramolecular Hbond substituents is 1. The molecule has 42 heavy (non-hydrogen) atoms. The van der Waals surface area contributed by atoms with E-state index >= 15 is 0 Å². The maximum Gasteiger partial charge on any atom is 0.265 e. The highest BCUT2D eigenvalue weighted by Crippen LogP contribution is 2.38. The van der Waals surface area contributed by atoms with Gasteiger partial charge in [0, 0.05) is 19.8 Å². The van der Waals surface area contributed by atoms with Gasteiger partial charge in [-0.2, -0.15) is 0 Å². The number of carbonyl (C=O) groups excluding carboxylic acids is 2. The van der Waals surface area contributed by atoms with Gasteiger partial charge in [0.1, 0.15) is 23.0 Å². The first kappa shape index (κ1) is 31.4. The lowest BCUT2D eigenvalue weighted by Gasteiger charge is -2.20. The molecule has 1 atom stereocenters. The molecule has 222 valence electrons. The molecule has 1 saturated heterocycles. The van der Waals surface area contributed by atoms with E-state index in [0.29, 0.717) is 11.3 Å². The largest absolute Gasteiger partial charge is 0.508 e. The van der Waals surface area contributed by atoms with E-state index in [9.17, 15) is 23.1 Å². The molecule has 0 aliphatic carbocycles. The fourth-order valence-corrected chi connectivity index (χ4v) is 5.72. The van der Waals surface area contributed by atoms with E-state index in [2.05, 4.69) is 15.7 Å². The second kappa shape index (κ2) is 12.4. The third-order valence-electron chi connectivity index (χ3n) is 6.12. The lowest BCUT2D eigenvalue weighted by atomic mass is 10.2. The second-order valence-electron chi connectivity index (χ2n) is 9.46. The Hall–Kier alpha value is -3.55. The van der Waals surface area contributed by atoms with Gasteiger partial charge < -0.3 is 15.2 Å². The maximum absolute atomic E-state index is 12.8. The summed E-state index contributed by atoms with van der Waals surface area (Å²) in [6.45, 7) is 3.27. The predicted octanol–water partition coefficient (Wildman–Crippen LogP) is 5.29. The molecular weight excluding hydrogens is 629 g/mol. The first-order chi connectivity index (χ1) is 19.7. The van der Waals surface area contributed by atoms with E-state index in [1.807, 2.05) is 0 Å². The van der Waals surface area contributed by atoms with Gasteiger partial charge in [0.05, 0.1) is 32.1 Å². The van der Waals surface area contributed by atoms with Gasteiger partial charge in [-0.1, -0.05) is 34.8 Å². The Kier molecular flexibility index (Phi) is 9.24. The van der Waals surface area contributed by atoms with Crippen LogP contribution in [-0.4, -0.2) is 55.7 Å². The minimum Gasteiger partial charge on any atom is -0.508 e. The number of nitrogens with one attached hydrogen (secondary N) is 2. The Bertz CT molecular complexity index is 1690. The Morgan fingerprint density at radius 3 is 2.36 bits per heavy atom. The number of sulfonamides is 1. The molecule has 0 bridgehead atoms. The number of amidine groups is 1. The highest BCUT2D eigenvalue weighted by Gasteiger charge is 2.31. The van der Waals surface area contributed by atoms with Crippen LogP contribution in [0.2, 0.25) is 15.1 Å². The first-order valence-electron chi connectivity index (χ1n) is 12.3. The van der Waals surface area contributed by atoms with Gasteiger partial charge in [0.25, 0.3) is 11.8 Å². The number of hydrogen-bond acceptors (Lipinski definition) is 7. The summed E-state index contributed by atoms with van der Waals surface area (Å²) in [6.07, 6.45) is -1.03. The van der Waals surface area contributed by atoms with Crippen molar-refractivity contribution in [1.29, 1.82) is 0 Å². The minimum absolute atomic E-state index is 0.000635. The van der Waals surface area contributed by atoms with Gasteiger partial charge in [-0.15, -0.1) is 0 Å². The lowest BCUT2D eigenvalue weighted by molar-refractivity contribution is -0.122. The third-order valence-corrected chi connectivity index (χ3v) is 8.81. The fourth-order valence-electron chi connectivity index (χ4n) is 3.85. The molecule has 0 aromatic heterocycles. The molecule has 1 unspecified atom stereocenters. The van der Waals surface area contributed by atoms with Crippen molar-refractivity contribution in [3.05, 3.63) is 69.2 Å². The van der Waals surface area contributed by atoms with Crippen molar-refractivity contribution in [2.75, 3.05) is 24.4 Å². The zero-order valence-electron chi connectivity index (χ0n) is 22.8. The second-order valence-corrected chi connectivity index (χ2v) is 12.8. The number of hydrogen-bond donors (Lipinski definition) is 3. The van der Waals surface area contributed by atoms with Gasteiger partial charge >= 0.3 is 0 Å². The van der Waals surface area contributed by atoms with Gasteiger partial charge in [-0.25, -0.2) is 22.7 Å². The Morgan fingerprint density at radius 2 is 1.76 bits per heavy atom. The maximum atomic E-state index is 12.8. The summed E-state index contributed by atoms with van der Waals surface area (Å²) in [4.78, 5) is 29.9. The summed E-state index contributed by atoms with van der Waals surface area (Å²) < 4.78 is 31.5. The Labute approximate surface area is 257 Å². The van der Waals surface area contributed by atoms with Crippen LogP contribution < -0.4 is 20.5 Å². The normalized spacial score (nSPS) is 15.2. The number of aryl methyl sites for hydroxylation is 1. The van der Waals surface area contributed by atoms with Crippen LogP contribution in [0.15, 0.2) is 58.4 Å². The highest BCUT2D eigenvalue weighted by atomic mass is 35.5. The summed E-state index contributed by atoms with van der Waals surface area (Å²) >= 11 is 19.2. The number of phenols is 1. The van der Waals surface area contributed by atoms with Crippen molar-refractivity contribution in [3.8, 4) is 11.5 Å². The number of halogens is 3. The van der Waals surface area contributed by atoms with Crippen molar-refractivity contribution >= 4 is 79.5 Å². The standard InChI is InChI=1S/C27H26Cl3N5O6S/c1-14-9-17(5-8-23(14)36)41-15(2)27(38)31-16-10-20(29)26(21(30)11-16)35-25(37)13-24(33-35)32-22-7-6-18(12-19(22)28)42(39,40)34(3)4/h5-12,15,36H,13H2,1-4H3,(H,31,38)(H,32,33). The number of aromatic hydroxyl groups is 1. The molecule has 1 fully saturated rings. The number of ether oxygens (including phenoxy) is 1. The van der Waals surface area contributed by atoms with Crippen molar-refractivity contribution in [2.24, 2.45) is 4.99 Å². The van der Waals surface area contributed by atoms with E-state index in [0.717, 1.165) is 9.31 Å².